The Labute approximate surface area is 152 Å². The summed E-state index contributed by atoms with van der Waals surface area (Å²) in [5.74, 6) is 0.0135. The van der Waals surface area contributed by atoms with Crippen LogP contribution in [-0.4, -0.2) is 36.1 Å². The van der Waals surface area contributed by atoms with Crippen LogP contribution in [0, 0.1) is 11.3 Å². The summed E-state index contributed by atoms with van der Waals surface area (Å²) in [6.07, 6.45) is 0.0682. The standard InChI is InChI=1S/C20H20N2O2S/c1-14-12-22(13-15(2)24-14)20(23)17-8-4-6-10-19(17)25-18-9-5-3-7-16(18)11-21/h3-10,14-15H,12-13H2,1-2H3/t14-,15+. The summed E-state index contributed by atoms with van der Waals surface area (Å²) in [7, 11) is 0. The summed E-state index contributed by atoms with van der Waals surface area (Å²) in [6, 6.07) is 17.2. The minimum atomic E-state index is 0.0135. The van der Waals surface area contributed by atoms with Crippen molar-refractivity contribution in [1.29, 1.82) is 5.26 Å². The summed E-state index contributed by atoms with van der Waals surface area (Å²) in [4.78, 5) is 16.6. The van der Waals surface area contributed by atoms with Crippen molar-refractivity contribution in [3.63, 3.8) is 0 Å². The normalized spacial score (nSPS) is 20.1. The van der Waals surface area contributed by atoms with Crippen LogP contribution in [0.1, 0.15) is 29.8 Å². The third-order valence-electron chi connectivity index (χ3n) is 4.05. The third kappa shape index (κ3) is 4.04. The van der Waals surface area contributed by atoms with E-state index < -0.39 is 0 Å². The molecule has 0 radical (unpaired) electrons. The van der Waals surface area contributed by atoms with Crippen molar-refractivity contribution in [3.8, 4) is 6.07 Å². The van der Waals surface area contributed by atoms with Crippen molar-refractivity contribution in [2.24, 2.45) is 0 Å². The van der Waals surface area contributed by atoms with Gasteiger partial charge in [0, 0.05) is 22.9 Å². The number of ether oxygens (including phenoxy) is 1. The molecule has 0 aliphatic carbocycles. The molecule has 4 nitrogen and oxygen atoms in total. The lowest BCUT2D eigenvalue weighted by molar-refractivity contribution is -0.0586. The lowest BCUT2D eigenvalue weighted by atomic mass is 10.1. The van der Waals surface area contributed by atoms with E-state index >= 15 is 0 Å². The first-order valence-electron chi connectivity index (χ1n) is 8.29. The molecule has 25 heavy (non-hydrogen) atoms. The molecule has 2 aromatic carbocycles. The second kappa shape index (κ2) is 7.73. The number of nitrogens with zero attached hydrogens (tertiary/aromatic N) is 2. The second-order valence-electron chi connectivity index (χ2n) is 6.17. The highest BCUT2D eigenvalue weighted by Gasteiger charge is 2.27. The minimum absolute atomic E-state index is 0.0135. The van der Waals surface area contributed by atoms with E-state index in [4.69, 9.17) is 4.74 Å². The largest absolute Gasteiger partial charge is 0.372 e. The Kier molecular flexibility index (Phi) is 5.42. The molecular weight excluding hydrogens is 332 g/mol. The SMILES string of the molecule is C[C@@H]1CN(C(=O)c2ccccc2Sc2ccccc2C#N)C[C@H](C)O1. The number of hydrogen-bond donors (Lipinski definition) is 0. The zero-order chi connectivity index (χ0) is 17.8. The van der Waals surface area contributed by atoms with E-state index in [0.717, 1.165) is 9.79 Å². The van der Waals surface area contributed by atoms with E-state index in [9.17, 15) is 10.1 Å². The van der Waals surface area contributed by atoms with E-state index in [2.05, 4.69) is 6.07 Å². The fourth-order valence-corrected chi connectivity index (χ4v) is 4.03. The minimum Gasteiger partial charge on any atom is -0.372 e. The Morgan fingerprint density at radius 2 is 1.68 bits per heavy atom. The molecule has 1 heterocycles. The van der Waals surface area contributed by atoms with Gasteiger partial charge in [-0.05, 0) is 38.1 Å². The monoisotopic (exact) mass is 352 g/mol. The molecular formula is C20H20N2O2S. The molecule has 1 aliphatic heterocycles. The molecule has 0 aromatic heterocycles. The molecule has 3 rings (SSSR count). The van der Waals surface area contributed by atoms with Crippen molar-refractivity contribution < 1.29 is 9.53 Å². The maximum absolute atomic E-state index is 13.0. The molecule has 0 unspecified atom stereocenters. The quantitative estimate of drug-likeness (QED) is 0.839. The summed E-state index contributed by atoms with van der Waals surface area (Å²) >= 11 is 1.46. The van der Waals surface area contributed by atoms with Gasteiger partial charge in [0.1, 0.15) is 6.07 Å². The average molecular weight is 352 g/mol. The number of amides is 1. The van der Waals surface area contributed by atoms with Crippen molar-refractivity contribution >= 4 is 17.7 Å². The maximum atomic E-state index is 13.0. The molecule has 0 saturated carbocycles. The predicted octanol–water partition coefficient (Wildman–Crippen LogP) is 3.96. The van der Waals surface area contributed by atoms with Gasteiger partial charge in [-0.1, -0.05) is 36.0 Å². The van der Waals surface area contributed by atoms with Crippen LogP contribution in [0.3, 0.4) is 0 Å². The summed E-state index contributed by atoms with van der Waals surface area (Å²) in [5, 5.41) is 9.28. The van der Waals surface area contributed by atoms with Gasteiger partial charge in [0.15, 0.2) is 0 Å². The molecule has 0 spiro atoms. The van der Waals surface area contributed by atoms with Crippen LogP contribution < -0.4 is 0 Å². The lowest BCUT2D eigenvalue weighted by Crippen LogP contribution is -2.48. The first-order chi connectivity index (χ1) is 12.1. The number of carbonyl (C=O) groups is 1. The molecule has 0 bridgehead atoms. The summed E-state index contributed by atoms with van der Waals surface area (Å²) in [6.45, 7) is 5.16. The summed E-state index contributed by atoms with van der Waals surface area (Å²) < 4.78 is 5.72. The number of benzene rings is 2. The van der Waals surface area contributed by atoms with E-state index in [1.54, 1.807) is 6.07 Å². The van der Waals surface area contributed by atoms with Gasteiger partial charge in [-0.3, -0.25) is 4.79 Å². The molecule has 1 saturated heterocycles. The Morgan fingerprint density at radius 3 is 2.36 bits per heavy atom. The van der Waals surface area contributed by atoms with Crippen molar-refractivity contribution in [3.05, 3.63) is 59.7 Å². The Balaban J connectivity index is 1.88. The molecule has 128 valence electrons. The lowest BCUT2D eigenvalue weighted by Gasteiger charge is -2.35. The van der Waals surface area contributed by atoms with Crippen LogP contribution in [-0.2, 0) is 4.74 Å². The second-order valence-corrected chi connectivity index (χ2v) is 7.26. The van der Waals surface area contributed by atoms with Gasteiger partial charge in [-0.2, -0.15) is 5.26 Å². The zero-order valence-electron chi connectivity index (χ0n) is 14.3. The Bertz CT molecular complexity index is 805. The zero-order valence-corrected chi connectivity index (χ0v) is 15.1. The number of hydrogen-bond acceptors (Lipinski definition) is 4. The van der Waals surface area contributed by atoms with E-state index in [0.29, 0.717) is 24.2 Å². The van der Waals surface area contributed by atoms with Crippen molar-refractivity contribution in [2.75, 3.05) is 13.1 Å². The number of rotatable bonds is 3. The average Bonchev–Trinajstić information content (AvgIpc) is 2.61. The molecule has 2 atom stereocenters. The Hall–Kier alpha value is -2.29. The van der Waals surface area contributed by atoms with E-state index in [-0.39, 0.29) is 18.1 Å². The van der Waals surface area contributed by atoms with Crippen LogP contribution in [0.15, 0.2) is 58.3 Å². The van der Waals surface area contributed by atoms with E-state index in [1.807, 2.05) is 61.2 Å². The van der Waals surface area contributed by atoms with Crippen LogP contribution in [0.2, 0.25) is 0 Å². The highest BCUT2D eigenvalue weighted by Crippen LogP contribution is 2.33. The number of nitriles is 1. The van der Waals surface area contributed by atoms with Gasteiger partial charge in [0.05, 0.1) is 23.3 Å². The van der Waals surface area contributed by atoms with Crippen LogP contribution in [0.25, 0.3) is 0 Å². The third-order valence-corrected chi connectivity index (χ3v) is 5.20. The molecule has 1 aliphatic rings. The highest BCUT2D eigenvalue weighted by atomic mass is 32.2. The van der Waals surface area contributed by atoms with Gasteiger partial charge in [-0.15, -0.1) is 0 Å². The highest BCUT2D eigenvalue weighted by molar-refractivity contribution is 7.99. The number of carbonyl (C=O) groups excluding carboxylic acids is 1. The van der Waals surface area contributed by atoms with Gasteiger partial charge >= 0.3 is 0 Å². The van der Waals surface area contributed by atoms with E-state index in [1.165, 1.54) is 11.8 Å². The predicted molar refractivity (Wildman–Crippen MR) is 97.6 cm³/mol. The van der Waals surface area contributed by atoms with Crippen molar-refractivity contribution in [1.82, 2.24) is 4.90 Å². The fourth-order valence-electron chi connectivity index (χ4n) is 3.01. The maximum Gasteiger partial charge on any atom is 0.255 e. The Morgan fingerprint density at radius 1 is 1.08 bits per heavy atom. The first kappa shape index (κ1) is 17.5. The van der Waals surface area contributed by atoms with Crippen LogP contribution in [0.4, 0.5) is 0 Å². The molecule has 5 heteroatoms. The molecule has 2 aromatic rings. The van der Waals surface area contributed by atoms with Crippen LogP contribution in [0.5, 0.6) is 0 Å². The fraction of sp³-hybridized carbons (Fsp3) is 0.300. The summed E-state index contributed by atoms with van der Waals surface area (Å²) in [5.41, 5.74) is 1.28. The molecule has 0 N–H and O–H groups in total. The van der Waals surface area contributed by atoms with Gasteiger partial charge < -0.3 is 9.64 Å². The molecule has 1 fully saturated rings. The van der Waals surface area contributed by atoms with Gasteiger partial charge in [0.25, 0.3) is 5.91 Å². The van der Waals surface area contributed by atoms with Gasteiger partial charge in [0.2, 0.25) is 0 Å². The smallest absolute Gasteiger partial charge is 0.255 e. The van der Waals surface area contributed by atoms with Crippen LogP contribution >= 0.6 is 11.8 Å². The van der Waals surface area contributed by atoms with Crippen molar-refractivity contribution in [2.45, 2.75) is 35.8 Å². The van der Waals surface area contributed by atoms with Gasteiger partial charge in [-0.25, -0.2) is 0 Å². The molecule has 1 amide bonds. The number of morpholine rings is 1. The topological polar surface area (TPSA) is 53.3 Å². The first-order valence-corrected chi connectivity index (χ1v) is 9.11.